The van der Waals surface area contributed by atoms with Crippen molar-refractivity contribution in [3.8, 4) is 17.0 Å². The van der Waals surface area contributed by atoms with E-state index >= 15 is 0 Å². The van der Waals surface area contributed by atoms with Crippen LogP contribution in [0.3, 0.4) is 0 Å². The minimum atomic E-state index is -4.72. The lowest BCUT2D eigenvalue weighted by molar-refractivity contribution is -0.137. The second-order valence-electron chi connectivity index (χ2n) is 11.4. The molecule has 0 saturated heterocycles. The molecule has 1 N–H and O–H groups in total. The van der Waals surface area contributed by atoms with E-state index < -0.39 is 46.6 Å². The number of benzene rings is 3. The van der Waals surface area contributed by atoms with Gasteiger partial charge in [0.1, 0.15) is 11.6 Å². The van der Waals surface area contributed by atoms with E-state index in [9.17, 15) is 32.3 Å². The summed E-state index contributed by atoms with van der Waals surface area (Å²) in [4.78, 5) is 52.0. The quantitative estimate of drug-likeness (QED) is 0.164. The van der Waals surface area contributed by atoms with Crippen molar-refractivity contribution < 1.29 is 37.0 Å². The molecule has 0 aliphatic carbocycles. The molecule has 0 unspecified atom stereocenters. The van der Waals surface area contributed by atoms with Gasteiger partial charge in [0.25, 0.3) is 5.56 Å². The van der Waals surface area contributed by atoms with Crippen LogP contribution in [0.15, 0.2) is 83.7 Å². The summed E-state index contributed by atoms with van der Waals surface area (Å²) < 4.78 is 52.4. The van der Waals surface area contributed by atoms with E-state index in [2.05, 4.69) is 10.4 Å². The maximum atomic E-state index is 13.7. The fourth-order valence-corrected chi connectivity index (χ4v) is 4.65. The highest BCUT2D eigenvalue weighted by molar-refractivity contribution is 6.01. The molecule has 240 valence electrons. The summed E-state index contributed by atoms with van der Waals surface area (Å²) in [6, 6.07) is 17.1. The first-order valence-electron chi connectivity index (χ1n) is 14.2. The number of carbonyl (C=O) groups is 3. The predicted molar refractivity (Wildman–Crippen MR) is 165 cm³/mol. The lowest BCUT2D eigenvalue weighted by Crippen LogP contribution is -2.36. The number of Topliss-reactive ketones (excluding diaryl/α,β-unsaturated/α-hetero) is 1. The van der Waals surface area contributed by atoms with Crippen molar-refractivity contribution >= 4 is 23.3 Å². The van der Waals surface area contributed by atoms with Gasteiger partial charge < -0.3 is 14.8 Å². The lowest BCUT2D eigenvalue weighted by Gasteiger charge is -2.21. The molecule has 0 aliphatic heterocycles. The number of esters is 1. The Hall–Kier alpha value is -5.26. The maximum absolute atomic E-state index is 13.7. The molecule has 9 nitrogen and oxygen atoms in total. The number of carbonyl (C=O) groups excluding carboxylic acids is 3. The number of hydrogen-bond donors (Lipinski definition) is 1. The number of ketones is 1. The summed E-state index contributed by atoms with van der Waals surface area (Å²) in [7, 11) is 1.21. The minimum Gasteiger partial charge on any atom is -0.480 e. The molecular weight excluding hydrogens is 603 g/mol. The Bertz CT molecular complexity index is 1810. The van der Waals surface area contributed by atoms with E-state index in [0.717, 1.165) is 28.9 Å². The molecule has 1 atom stereocenters. The first-order chi connectivity index (χ1) is 21.6. The number of ether oxygens (including phenoxy) is 2. The molecule has 4 rings (SSSR count). The van der Waals surface area contributed by atoms with E-state index in [1.165, 1.54) is 38.3 Å². The molecule has 0 spiro atoms. The van der Waals surface area contributed by atoms with Gasteiger partial charge in [0.2, 0.25) is 11.8 Å². The van der Waals surface area contributed by atoms with Crippen LogP contribution >= 0.6 is 0 Å². The Morgan fingerprint density at radius 1 is 0.913 bits per heavy atom. The van der Waals surface area contributed by atoms with E-state index in [4.69, 9.17) is 9.47 Å². The molecule has 3 aromatic carbocycles. The summed E-state index contributed by atoms with van der Waals surface area (Å²) in [5.41, 5.74) is -1.66. The molecule has 0 aliphatic rings. The Morgan fingerprint density at radius 3 is 2.13 bits per heavy atom. The maximum Gasteiger partial charge on any atom is 0.416 e. The first kappa shape index (κ1) is 33.6. The number of amides is 1. The number of methoxy groups -OCH3 is 1. The zero-order valence-electron chi connectivity index (χ0n) is 25.8. The number of nitrogens with one attached hydrogen (secondary N) is 1. The third-order valence-corrected chi connectivity index (χ3v) is 6.79. The predicted octanol–water partition coefficient (Wildman–Crippen LogP) is 6.52. The van der Waals surface area contributed by atoms with Crippen LogP contribution in [-0.2, 0) is 22.1 Å². The van der Waals surface area contributed by atoms with Crippen molar-refractivity contribution in [2.24, 2.45) is 0 Å². The summed E-state index contributed by atoms with van der Waals surface area (Å²) in [5.74, 6) is -1.98. The summed E-state index contributed by atoms with van der Waals surface area (Å²) in [5, 5.41) is 6.99. The SMILES string of the molecule is COc1nn([C@@H](Cc2ccccc2)C(=O)Nc2ccc(C(=O)OC(C)(C)C)cc2)c(=O)cc1-c1cc(C(F)(F)F)ccc1C(C)=O. The highest BCUT2D eigenvalue weighted by Gasteiger charge is 2.33. The number of nitrogens with zero attached hydrogens (tertiary/aromatic N) is 2. The first-order valence-corrected chi connectivity index (χ1v) is 14.2. The Balaban J connectivity index is 1.76. The highest BCUT2D eigenvalue weighted by atomic mass is 19.4. The third kappa shape index (κ3) is 8.06. The van der Waals surface area contributed by atoms with E-state index in [1.807, 2.05) is 0 Å². The molecule has 12 heteroatoms. The van der Waals surface area contributed by atoms with Crippen molar-refractivity contribution in [1.82, 2.24) is 9.78 Å². The topological polar surface area (TPSA) is 117 Å². The molecule has 1 aromatic heterocycles. The average molecular weight is 636 g/mol. The van der Waals surface area contributed by atoms with Crippen LogP contribution in [0.5, 0.6) is 5.88 Å². The zero-order valence-corrected chi connectivity index (χ0v) is 25.8. The van der Waals surface area contributed by atoms with Crippen LogP contribution in [0, 0.1) is 0 Å². The van der Waals surface area contributed by atoms with Crippen molar-refractivity contribution in [3.63, 3.8) is 0 Å². The van der Waals surface area contributed by atoms with Crippen LogP contribution in [0.2, 0.25) is 0 Å². The highest BCUT2D eigenvalue weighted by Crippen LogP contribution is 2.36. The number of anilines is 1. The fourth-order valence-electron chi connectivity index (χ4n) is 4.65. The van der Waals surface area contributed by atoms with Crippen LogP contribution in [0.4, 0.5) is 18.9 Å². The van der Waals surface area contributed by atoms with Crippen LogP contribution in [0.25, 0.3) is 11.1 Å². The van der Waals surface area contributed by atoms with Crippen LogP contribution in [0.1, 0.15) is 65.6 Å². The van der Waals surface area contributed by atoms with Crippen molar-refractivity contribution in [2.75, 3.05) is 12.4 Å². The third-order valence-electron chi connectivity index (χ3n) is 6.79. The Labute approximate surface area is 263 Å². The normalized spacial score (nSPS) is 12.3. The van der Waals surface area contributed by atoms with Gasteiger partial charge in [0, 0.05) is 23.7 Å². The van der Waals surface area contributed by atoms with Crippen LogP contribution in [-0.4, -0.2) is 40.2 Å². The van der Waals surface area contributed by atoms with E-state index in [1.54, 1.807) is 51.1 Å². The van der Waals surface area contributed by atoms with Crippen LogP contribution < -0.4 is 15.6 Å². The number of hydrogen-bond acceptors (Lipinski definition) is 7. The fraction of sp³-hybridized carbons (Fsp3) is 0.265. The number of alkyl halides is 3. The standard InChI is InChI=1S/C34H32F3N3O6/c1-20(41)25-16-13-23(34(35,36)37)18-26(25)27-19-29(42)40(39-31(27)45-5)28(17-21-9-7-6-8-10-21)30(43)38-24-14-11-22(12-15-24)32(44)46-33(2,3)4/h6-16,18-19,28H,17H2,1-5H3,(H,38,43)/t28-/m0/s1. The molecular formula is C34H32F3N3O6. The number of halogens is 3. The summed E-state index contributed by atoms with van der Waals surface area (Å²) >= 11 is 0. The molecule has 46 heavy (non-hydrogen) atoms. The smallest absolute Gasteiger partial charge is 0.416 e. The number of aromatic nitrogens is 2. The van der Waals surface area contributed by atoms with Crippen molar-refractivity contribution in [3.05, 3.63) is 111 Å². The zero-order chi connectivity index (χ0) is 33.8. The molecule has 4 aromatic rings. The van der Waals surface area contributed by atoms with Gasteiger partial charge in [-0.1, -0.05) is 36.4 Å². The lowest BCUT2D eigenvalue weighted by atomic mass is 9.95. The number of rotatable bonds is 9. The van der Waals surface area contributed by atoms with Crippen molar-refractivity contribution in [1.29, 1.82) is 0 Å². The minimum absolute atomic E-state index is 0.0142. The molecule has 0 bridgehead atoms. The summed E-state index contributed by atoms with van der Waals surface area (Å²) in [6.07, 6.45) is -4.70. The van der Waals surface area contributed by atoms with Crippen molar-refractivity contribution in [2.45, 2.75) is 51.9 Å². The molecule has 0 saturated carbocycles. The largest absolute Gasteiger partial charge is 0.480 e. The Kier molecular flexibility index (Phi) is 9.79. The summed E-state index contributed by atoms with van der Waals surface area (Å²) in [6.45, 7) is 6.41. The monoisotopic (exact) mass is 635 g/mol. The van der Waals surface area contributed by atoms with Gasteiger partial charge in [-0.2, -0.15) is 13.2 Å². The second kappa shape index (κ2) is 13.4. The van der Waals surface area contributed by atoms with E-state index in [-0.39, 0.29) is 34.6 Å². The second-order valence-corrected chi connectivity index (χ2v) is 11.4. The van der Waals surface area contributed by atoms with Gasteiger partial charge in [-0.05, 0) is 75.2 Å². The Morgan fingerprint density at radius 2 is 1.57 bits per heavy atom. The van der Waals surface area contributed by atoms with Gasteiger partial charge in [0.15, 0.2) is 5.78 Å². The molecule has 1 heterocycles. The van der Waals surface area contributed by atoms with Gasteiger partial charge in [-0.3, -0.25) is 14.4 Å². The van der Waals surface area contributed by atoms with E-state index in [0.29, 0.717) is 11.3 Å². The van der Waals surface area contributed by atoms with Gasteiger partial charge in [0.05, 0.1) is 23.8 Å². The molecule has 0 fully saturated rings. The van der Waals surface area contributed by atoms with Gasteiger partial charge in [-0.25, -0.2) is 9.48 Å². The van der Waals surface area contributed by atoms with Gasteiger partial charge >= 0.3 is 12.1 Å². The average Bonchev–Trinajstić information content (AvgIpc) is 2.99. The molecule has 0 radical (unpaired) electrons. The van der Waals surface area contributed by atoms with Gasteiger partial charge in [-0.15, -0.1) is 5.10 Å². The molecule has 1 amide bonds.